The molecule has 0 bridgehead atoms. The third-order valence-corrected chi connectivity index (χ3v) is 8.38. The molecular formula is C24H34F2N4O2. The minimum absolute atomic E-state index is 0.00702. The van der Waals surface area contributed by atoms with Crippen molar-refractivity contribution < 1.29 is 18.7 Å². The number of alkyl halides is 2. The van der Waals surface area contributed by atoms with E-state index in [1.165, 1.54) is 12.0 Å². The highest BCUT2D eigenvalue weighted by Crippen LogP contribution is 2.46. The average molecular weight is 449 g/mol. The van der Waals surface area contributed by atoms with Gasteiger partial charge in [-0.1, -0.05) is 6.42 Å². The zero-order valence-corrected chi connectivity index (χ0v) is 18.6. The van der Waals surface area contributed by atoms with E-state index in [1.807, 2.05) is 21.9 Å². The molecule has 1 saturated carbocycles. The van der Waals surface area contributed by atoms with Gasteiger partial charge in [0, 0.05) is 57.2 Å². The summed E-state index contributed by atoms with van der Waals surface area (Å²) in [5.41, 5.74) is 1.19. The zero-order chi connectivity index (χ0) is 22.3. The molecule has 1 spiro atoms. The Labute approximate surface area is 188 Å². The maximum Gasteiger partial charge on any atom is 0.251 e. The summed E-state index contributed by atoms with van der Waals surface area (Å²) in [5.74, 6) is -1.33. The Balaban J connectivity index is 1.15. The maximum absolute atomic E-state index is 13.5. The Morgan fingerprint density at radius 3 is 2.47 bits per heavy atom. The summed E-state index contributed by atoms with van der Waals surface area (Å²) < 4.78 is 27.0. The molecule has 0 radical (unpaired) electrons. The number of hydrogen-bond acceptors (Lipinski definition) is 5. The highest BCUT2D eigenvalue weighted by Gasteiger charge is 2.48. The smallest absolute Gasteiger partial charge is 0.251 e. The van der Waals surface area contributed by atoms with Crippen molar-refractivity contribution in [3.8, 4) is 0 Å². The summed E-state index contributed by atoms with van der Waals surface area (Å²) in [5, 5.41) is 14.0. The molecular weight excluding hydrogens is 414 g/mol. The molecule has 8 heteroatoms. The molecule has 3 aliphatic heterocycles. The second-order valence-electron chi connectivity index (χ2n) is 10.3. The highest BCUT2D eigenvalue weighted by molar-refractivity contribution is 5.82. The van der Waals surface area contributed by atoms with Gasteiger partial charge in [-0.15, -0.1) is 0 Å². The van der Waals surface area contributed by atoms with Crippen LogP contribution in [0.1, 0.15) is 62.8 Å². The number of amides is 1. The first-order valence-electron chi connectivity index (χ1n) is 12.1. The molecule has 32 heavy (non-hydrogen) atoms. The number of hydrogen-bond donors (Lipinski definition) is 2. The van der Waals surface area contributed by atoms with Gasteiger partial charge in [-0.2, -0.15) is 0 Å². The maximum atomic E-state index is 13.5. The van der Waals surface area contributed by atoms with Crippen LogP contribution in [-0.4, -0.2) is 71.7 Å². The second-order valence-corrected chi connectivity index (χ2v) is 10.3. The van der Waals surface area contributed by atoms with E-state index in [2.05, 4.69) is 10.3 Å². The number of piperidine rings is 3. The number of aliphatic hydroxyl groups excluding tert-OH is 1. The quantitative estimate of drug-likeness (QED) is 0.744. The van der Waals surface area contributed by atoms with Gasteiger partial charge < -0.3 is 20.2 Å². The molecule has 176 valence electrons. The molecule has 4 aliphatic rings. The van der Waals surface area contributed by atoms with Crippen LogP contribution in [-0.2, 0) is 4.79 Å². The van der Waals surface area contributed by atoms with Crippen LogP contribution in [0.3, 0.4) is 0 Å². The summed E-state index contributed by atoms with van der Waals surface area (Å²) in [7, 11) is 0. The number of likely N-dealkylation sites (tertiary alicyclic amines) is 1. The first-order chi connectivity index (χ1) is 15.4. The number of aromatic nitrogens is 1. The molecule has 1 aromatic heterocycles. The molecule has 2 atom stereocenters. The standard InChI is InChI=1S/C24H34F2N4O2/c25-24(26)7-12-29(13-8-24)21-14-18(2-9-27-21)17-3-10-30(11-4-17)22(32)19-15-20(31)23(16-28-19)5-1-6-23/h2,9,14,17,19-20,28,31H,1,3-8,10-13,15-16H2/t19-,20+/m0/s1. The van der Waals surface area contributed by atoms with Gasteiger partial charge in [-0.25, -0.2) is 13.8 Å². The first kappa shape index (κ1) is 22.0. The van der Waals surface area contributed by atoms with Crippen molar-refractivity contribution >= 4 is 11.7 Å². The molecule has 2 N–H and O–H groups in total. The summed E-state index contributed by atoms with van der Waals surface area (Å²) in [6.07, 6.45) is 6.72. The predicted molar refractivity (Wildman–Crippen MR) is 118 cm³/mol. The number of carbonyl (C=O) groups excluding carboxylic acids is 1. The van der Waals surface area contributed by atoms with E-state index in [0.29, 0.717) is 38.5 Å². The van der Waals surface area contributed by atoms with Gasteiger partial charge in [0.2, 0.25) is 5.91 Å². The number of nitrogens with zero attached hydrogens (tertiary/aromatic N) is 3. The van der Waals surface area contributed by atoms with Crippen LogP contribution in [0.25, 0.3) is 0 Å². The minimum Gasteiger partial charge on any atom is -0.392 e. The minimum atomic E-state index is -2.56. The van der Waals surface area contributed by atoms with Gasteiger partial charge in [0.25, 0.3) is 5.92 Å². The normalized spacial score (nSPS) is 30.2. The Bertz CT molecular complexity index is 829. The summed E-state index contributed by atoms with van der Waals surface area (Å²) in [4.78, 5) is 21.4. The third kappa shape index (κ3) is 4.23. The van der Waals surface area contributed by atoms with Crippen molar-refractivity contribution in [1.82, 2.24) is 15.2 Å². The lowest BCUT2D eigenvalue weighted by atomic mass is 9.62. The van der Waals surface area contributed by atoms with Gasteiger partial charge in [0.05, 0.1) is 12.1 Å². The van der Waals surface area contributed by atoms with Crippen LogP contribution < -0.4 is 10.2 Å². The molecule has 0 aromatic carbocycles. The number of rotatable bonds is 3. The topological polar surface area (TPSA) is 68.7 Å². The summed E-state index contributed by atoms with van der Waals surface area (Å²) in [6.45, 7) is 2.81. The Kier molecular flexibility index (Phi) is 5.86. The molecule has 1 aromatic rings. The van der Waals surface area contributed by atoms with Gasteiger partial charge in [-0.3, -0.25) is 4.79 Å². The summed E-state index contributed by atoms with van der Waals surface area (Å²) in [6, 6.07) is 3.78. The van der Waals surface area contributed by atoms with Crippen molar-refractivity contribution in [2.24, 2.45) is 5.41 Å². The average Bonchev–Trinajstić information content (AvgIpc) is 2.77. The van der Waals surface area contributed by atoms with Gasteiger partial charge in [0.1, 0.15) is 5.82 Å². The Hall–Kier alpha value is -1.80. The molecule has 1 aliphatic carbocycles. The SMILES string of the molecule is O=C([C@@H]1C[C@@H](O)C2(CCC2)CN1)N1CCC(c2ccnc(N3CCC(F)(F)CC3)c2)CC1. The van der Waals surface area contributed by atoms with E-state index in [4.69, 9.17) is 0 Å². The lowest BCUT2D eigenvalue weighted by molar-refractivity contribution is -0.140. The molecule has 1 amide bonds. The first-order valence-corrected chi connectivity index (χ1v) is 12.1. The fourth-order valence-corrected chi connectivity index (χ4v) is 5.91. The number of halogens is 2. The van der Waals surface area contributed by atoms with Crippen LogP contribution in [0.4, 0.5) is 14.6 Å². The number of nitrogens with one attached hydrogen (secondary N) is 1. The van der Waals surface area contributed by atoms with E-state index >= 15 is 0 Å². The molecule has 4 heterocycles. The Morgan fingerprint density at radius 1 is 1.12 bits per heavy atom. The van der Waals surface area contributed by atoms with Crippen molar-refractivity contribution in [3.05, 3.63) is 23.9 Å². The van der Waals surface area contributed by atoms with Gasteiger partial charge in [-0.05, 0) is 55.7 Å². The lowest BCUT2D eigenvalue weighted by Crippen LogP contribution is -2.61. The predicted octanol–water partition coefficient (Wildman–Crippen LogP) is 2.92. The third-order valence-electron chi connectivity index (χ3n) is 8.38. The number of pyridine rings is 1. The monoisotopic (exact) mass is 448 g/mol. The van der Waals surface area contributed by atoms with Crippen LogP contribution in [0.2, 0.25) is 0 Å². The largest absolute Gasteiger partial charge is 0.392 e. The van der Waals surface area contributed by atoms with Crippen molar-refractivity contribution in [2.45, 2.75) is 75.4 Å². The van der Waals surface area contributed by atoms with E-state index in [-0.39, 0.29) is 36.3 Å². The number of aliphatic hydroxyl groups is 1. The van der Waals surface area contributed by atoms with E-state index in [1.54, 1.807) is 6.20 Å². The second kappa shape index (κ2) is 8.52. The number of carbonyl (C=O) groups is 1. The van der Waals surface area contributed by atoms with Crippen LogP contribution in [0, 0.1) is 5.41 Å². The molecule has 3 saturated heterocycles. The van der Waals surface area contributed by atoms with E-state index in [9.17, 15) is 18.7 Å². The Morgan fingerprint density at radius 2 is 1.84 bits per heavy atom. The van der Waals surface area contributed by atoms with Crippen LogP contribution >= 0.6 is 0 Å². The van der Waals surface area contributed by atoms with Crippen molar-refractivity contribution in [3.63, 3.8) is 0 Å². The molecule has 0 unspecified atom stereocenters. The van der Waals surface area contributed by atoms with E-state index < -0.39 is 5.92 Å². The highest BCUT2D eigenvalue weighted by atomic mass is 19.3. The van der Waals surface area contributed by atoms with Crippen molar-refractivity contribution in [1.29, 1.82) is 0 Å². The van der Waals surface area contributed by atoms with E-state index in [0.717, 1.165) is 38.0 Å². The fourth-order valence-electron chi connectivity index (χ4n) is 5.91. The molecule has 5 rings (SSSR count). The fraction of sp³-hybridized carbons (Fsp3) is 0.750. The van der Waals surface area contributed by atoms with Crippen LogP contribution in [0.15, 0.2) is 18.3 Å². The lowest BCUT2D eigenvalue weighted by Gasteiger charge is -2.51. The number of anilines is 1. The van der Waals surface area contributed by atoms with Gasteiger partial charge >= 0.3 is 0 Å². The van der Waals surface area contributed by atoms with Gasteiger partial charge in [0.15, 0.2) is 0 Å². The molecule has 6 nitrogen and oxygen atoms in total. The molecule has 4 fully saturated rings. The summed E-state index contributed by atoms with van der Waals surface area (Å²) >= 11 is 0. The zero-order valence-electron chi connectivity index (χ0n) is 18.6. The van der Waals surface area contributed by atoms with Crippen LogP contribution in [0.5, 0.6) is 0 Å². The van der Waals surface area contributed by atoms with Crippen molar-refractivity contribution in [2.75, 3.05) is 37.6 Å².